The van der Waals surface area contributed by atoms with Crippen LogP contribution >= 0.6 is 0 Å². The zero-order valence-corrected chi connectivity index (χ0v) is 10.1. The Balaban J connectivity index is 3.02. The molecule has 0 spiro atoms. The van der Waals surface area contributed by atoms with Crippen molar-refractivity contribution in [2.24, 2.45) is 0 Å². The van der Waals surface area contributed by atoms with Gasteiger partial charge in [0.15, 0.2) is 0 Å². The Kier molecular flexibility index (Phi) is 4.76. The van der Waals surface area contributed by atoms with Gasteiger partial charge in [0.05, 0.1) is 11.3 Å². The number of nitrogens with zero attached hydrogens (tertiary/aromatic N) is 1. The van der Waals surface area contributed by atoms with E-state index in [2.05, 4.69) is 5.32 Å². The fourth-order valence-corrected chi connectivity index (χ4v) is 1.39. The Bertz CT molecular complexity index is 551. The first kappa shape index (κ1) is 14.4. The number of aliphatic carboxylic acids is 1. The lowest BCUT2D eigenvalue weighted by Gasteiger charge is -2.04. The third kappa shape index (κ3) is 4.58. The van der Waals surface area contributed by atoms with Crippen molar-refractivity contribution in [2.75, 3.05) is 5.32 Å². The van der Waals surface area contributed by atoms with Crippen LogP contribution in [0.25, 0.3) is 6.08 Å². The van der Waals surface area contributed by atoms with Crippen molar-refractivity contribution in [2.45, 2.75) is 13.3 Å². The maximum atomic E-state index is 10.9. The van der Waals surface area contributed by atoms with Crippen LogP contribution < -0.4 is 5.32 Å². The average Bonchev–Trinajstić information content (AvgIpc) is 2.29. The number of carbonyl (C=O) groups excluding carboxylic acids is 1. The fraction of sp³-hybridized carbons (Fsp3) is 0.167. The lowest BCUT2D eigenvalue weighted by Crippen LogP contribution is -2.08. The number of carboxylic acids is 1. The lowest BCUT2D eigenvalue weighted by atomic mass is 10.1. The molecule has 7 nitrogen and oxygen atoms in total. The number of anilines is 1. The Morgan fingerprint density at radius 3 is 2.68 bits per heavy atom. The first-order valence-electron chi connectivity index (χ1n) is 5.34. The van der Waals surface area contributed by atoms with Gasteiger partial charge in [-0.25, -0.2) is 0 Å². The number of carbonyl (C=O) groups is 2. The fourth-order valence-electron chi connectivity index (χ4n) is 1.39. The second-order valence-corrected chi connectivity index (χ2v) is 3.72. The number of nitro groups is 1. The number of hydrogen-bond acceptors (Lipinski definition) is 4. The van der Waals surface area contributed by atoms with Crippen LogP contribution in [0.4, 0.5) is 11.4 Å². The number of carboxylic acid groups (broad SMARTS) is 1. The molecule has 0 aromatic heterocycles. The highest BCUT2D eigenvalue weighted by atomic mass is 16.6. The van der Waals surface area contributed by atoms with Gasteiger partial charge in [0.1, 0.15) is 5.69 Å². The van der Waals surface area contributed by atoms with Gasteiger partial charge in [-0.1, -0.05) is 18.2 Å². The molecule has 0 saturated carbocycles. The Labute approximate surface area is 108 Å². The van der Waals surface area contributed by atoms with Crippen LogP contribution in [0.15, 0.2) is 24.3 Å². The second-order valence-electron chi connectivity index (χ2n) is 3.72. The maximum absolute atomic E-state index is 10.9. The highest BCUT2D eigenvalue weighted by Crippen LogP contribution is 2.26. The van der Waals surface area contributed by atoms with Gasteiger partial charge < -0.3 is 10.4 Å². The SMILES string of the molecule is CC(=O)Nc1ccc(C=CCC(=O)O)cc1[N+](=O)[O-]. The molecule has 0 aliphatic rings. The van der Waals surface area contributed by atoms with Gasteiger partial charge in [-0.15, -0.1) is 0 Å². The molecule has 0 bridgehead atoms. The van der Waals surface area contributed by atoms with E-state index in [1.807, 2.05) is 0 Å². The third-order valence-corrected chi connectivity index (χ3v) is 2.13. The van der Waals surface area contributed by atoms with Crippen LogP contribution in [0.1, 0.15) is 18.9 Å². The summed E-state index contributed by atoms with van der Waals surface area (Å²) in [6.45, 7) is 1.25. The van der Waals surface area contributed by atoms with Crippen LogP contribution in [0.5, 0.6) is 0 Å². The minimum absolute atomic E-state index is 0.105. The average molecular weight is 264 g/mol. The Morgan fingerprint density at radius 1 is 1.47 bits per heavy atom. The van der Waals surface area contributed by atoms with Crippen LogP contribution in [0, 0.1) is 10.1 Å². The lowest BCUT2D eigenvalue weighted by molar-refractivity contribution is -0.383. The Hall–Kier alpha value is -2.70. The van der Waals surface area contributed by atoms with Crippen molar-refractivity contribution < 1.29 is 19.6 Å². The van der Waals surface area contributed by atoms with Gasteiger partial charge in [-0.3, -0.25) is 19.7 Å². The van der Waals surface area contributed by atoms with Crippen molar-refractivity contribution >= 4 is 29.3 Å². The molecule has 100 valence electrons. The highest BCUT2D eigenvalue weighted by molar-refractivity contribution is 5.91. The predicted molar refractivity (Wildman–Crippen MR) is 68.7 cm³/mol. The van der Waals surface area contributed by atoms with Crippen LogP contribution in [0.3, 0.4) is 0 Å². The molecule has 1 amide bonds. The minimum atomic E-state index is -0.986. The molecule has 1 rings (SSSR count). The van der Waals surface area contributed by atoms with E-state index in [4.69, 9.17) is 5.11 Å². The maximum Gasteiger partial charge on any atom is 0.307 e. The number of hydrogen-bond donors (Lipinski definition) is 2. The molecule has 0 unspecified atom stereocenters. The van der Waals surface area contributed by atoms with Gasteiger partial charge in [0.2, 0.25) is 5.91 Å². The summed E-state index contributed by atoms with van der Waals surface area (Å²) in [6.07, 6.45) is 2.69. The second kappa shape index (κ2) is 6.29. The summed E-state index contributed by atoms with van der Waals surface area (Å²) in [5, 5.41) is 21.7. The molecule has 19 heavy (non-hydrogen) atoms. The van der Waals surface area contributed by atoms with Crippen LogP contribution in [-0.4, -0.2) is 21.9 Å². The zero-order valence-electron chi connectivity index (χ0n) is 10.1. The molecular formula is C12H12N2O5. The number of amides is 1. The first-order valence-corrected chi connectivity index (χ1v) is 5.34. The van der Waals surface area contributed by atoms with E-state index < -0.39 is 16.8 Å². The summed E-state index contributed by atoms with van der Waals surface area (Å²) in [6, 6.07) is 4.22. The van der Waals surface area contributed by atoms with Gasteiger partial charge in [-0.05, 0) is 11.6 Å². The summed E-state index contributed by atoms with van der Waals surface area (Å²) < 4.78 is 0. The molecule has 0 saturated heterocycles. The normalized spacial score (nSPS) is 10.4. The number of nitrogens with one attached hydrogen (secondary N) is 1. The first-order chi connectivity index (χ1) is 8.90. The number of benzene rings is 1. The molecule has 0 heterocycles. The van der Waals surface area contributed by atoms with Gasteiger partial charge in [0.25, 0.3) is 5.69 Å². The van der Waals surface area contributed by atoms with E-state index in [9.17, 15) is 19.7 Å². The summed E-state index contributed by atoms with van der Waals surface area (Å²) in [5.74, 6) is -1.39. The van der Waals surface area contributed by atoms with Crippen molar-refractivity contribution in [1.82, 2.24) is 0 Å². The summed E-state index contributed by atoms with van der Waals surface area (Å²) in [5.41, 5.74) is 0.350. The van der Waals surface area contributed by atoms with Crippen molar-refractivity contribution in [3.63, 3.8) is 0 Å². The molecule has 7 heteroatoms. The molecule has 0 radical (unpaired) electrons. The quantitative estimate of drug-likeness (QED) is 0.624. The predicted octanol–water partition coefficient (Wildman–Crippen LogP) is 2.04. The molecule has 2 N–H and O–H groups in total. The van der Waals surface area contributed by atoms with E-state index >= 15 is 0 Å². The van der Waals surface area contributed by atoms with Crippen molar-refractivity contribution in [1.29, 1.82) is 0 Å². The van der Waals surface area contributed by atoms with Gasteiger partial charge in [0, 0.05) is 13.0 Å². The highest BCUT2D eigenvalue weighted by Gasteiger charge is 2.14. The van der Waals surface area contributed by atoms with E-state index in [1.165, 1.54) is 31.2 Å². The van der Waals surface area contributed by atoms with E-state index in [0.717, 1.165) is 0 Å². The van der Waals surface area contributed by atoms with Crippen LogP contribution in [0.2, 0.25) is 0 Å². The van der Waals surface area contributed by atoms with E-state index in [1.54, 1.807) is 6.07 Å². The smallest absolute Gasteiger partial charge is 0.307 e. The summed E-state index contributed by atoms with van der Waals surface area (Å²) in [4.78, 5) is 31.5. The summed E-state index contributed by atoms with van der Waals surface area (Å²) in [7, 11) is 0. The topological polar surface area (TPSA) is 110 Å². The molecule has 0 aliphatic carbocycles. The molecule has 0 fully saturated rings. The van der Waals surface area contributed by atoms with E-state index in [-0.39, 0.29) is 17.8 Å². The summed E-state index contributed by atoms with van der Waals surface area (Å²) >= 11 is 0. The number of nitro benzene ring substituents is 1. The monoisotopic (exact) mass is 264 g/mol. The molecule has 0 aliphatic heterocycles. The minimum Gasteiger partial charge on any atom is -0.481 e. The Morgan fingerprint density at radius 2 is 2.16 bits per heavy atom. The van der Waals surface area contributed by atoms with Crippen molar-refractivity contribution in [3.8, 4) is 0 Å². The number of rotatable bonds is 5. The van der Waals surface area contributed by atoms with Crippen molar-refractivity contribution in [3.05, 3.63) is 40.0 Å². The third-order valence-electron chi connectivity index (χ3n) is 2.13. The molecule has 1 aromatic carbocycles. The zero-order chi connectivity index (χ0) is 14.4. The van der Waals surface area contributed by atoms with Gasteiger partial charge >= 0.3 is 5.97 Å². The van der Waals surface area contributed by atoms with Gasteiger partial charge in [-0.2, -0.15) is 0 Å². The standard InChI is InChI=1S/C12H12N2O5/c1-8(15)13-10-6-5-9(3-2-4-12(16)17)7-11(10)14(18)19/h2-3,5-7H,4H2,1H3,(H,13,15)(H,16,17). The largest absolute Gasteiger partial charge is 0.481 e. The molecule has 0 atom stereocenters. The van der Waals surface area contributed by atoms with Crippen LogP contribution in [-0.2, 0) is 9.59 Å². The molecular weight excluding hydrogens is 252 g/mol. The molecule has 1 aromatic rings. The van der Waals surface area contributed by atoms with E-state index in [0.29, 0.717) is 5.56 Å².